The summed E-state index contributed by atoms with van der Waals surface area (Å²) in [5, 5.41) is 1.17. The summed E-state index contributed by atoms with van der Waals surface area (Å²) in [6, 6.07) is 14.1. The molecule has 0 saturated heterocycles. The molecule has 7 nitrogen and oxygen atoms in total. The van der Waals surface area contributed by atoms with E-state index in [0.717, 1.165) is 16.0 Å². The predicted octanol–water partition coefficient (Wildman–Crippen LogP) is 3.56. The maximum Gasteiger partial charge on any atom is 0.349 e. The van der Waals surface area contributed by atoms with Crippen LogP contribution in [0, 0.1) is 0 Å². The molecule has 1 amide bonds. The molecule has 2 aromatic carbocycles. The first kappa shape index (κ1) is 17.0. The molecule has 0 spiro atoms. The first-order chi connectivity index (χ1) is 13.1. The van der Waals surface area contributed by atoms with E-state index >= 15 is 0 Å². The topological polar surface area (TPSA) is 93.5 Å². The smallest absolute Gasteiger partial charge is 0.349 e. The van der Waals surface area contributed by atoms with Gasteiger partial charge in [-0.15, -0.1) is 0 Å². The molecule has 0 radical (unpaired) electrons. The molecule has 2 aromatic heterocycles. The Labute approximate surface area is 157 Å². The van der Waals surface area contributed by atoms with Gasteiger partial charge in [0, 0.05) is 5.39 Å². The van der Waals surface area contributed by atoms with Gasteiger partial charge in [-0.05, 0) is 37.3 Å². The van der Waals surface area contributed by atoms with Crippen LogP contribution in [0.2, 0.25) is 0 Å². The second-order valence-corrected chi connectivity index (χ2v) is 6.68. The van der Waals surface area contributed by atoms with Crippen LogP contribution in [0.25, 0.3) is 21.2 Å². The maximum atomic E-state index is 12.4. The lowest BCUT2D eigenvalue weighted by Crippen LogP contribution is -2.32. The van der Waals surface area contributed by atoms with Crippen molar-refractivity contribution in [1.82, 2.24) is 10.4 Å². The molecule has 0 aliphatic heterocycles. The van der Waals surface area contributed by atoms with Gasteiger partial charge in [0.05, 0.1) is 16.8 Å². The number of aromatic nitrogens is 1. The summed E-state index contributed by atoms with van der Waals surface area (Å²) in [6.45, 7) is 2.50. The fourth-order valence-corrected chi connectivity index (χ4v) is 3.46. The highest BCUT2D eigenvalue weighted by Gasteiger charge is 2.14. The van der Waals surface area contributed by atoms with Gasteiger partial charge in [0.25, 0.3) is 5.91 Å². The third kappa shape index (κ3) is 3.47. The second kappa shape index (κ2) is 7.08. The Morgan fingerprint density at radius 1 is 1.22 bits per heavy atom. The number of anilines is 1. The molecular weight excluding hydrogens is 366 g/mol. The van der Waals surface area contributed by atoms with Crippen molar-refractivity contribution in [3.63, 3.8) is 0 Å². The lowest BCUT2D eigenvalue weighted by atomic mass is 10.2. The fourth-order valence-electron chi connectivity index (χ4n) is 2.61. The maximum absolute atomic E-state index is 12.4. The van der Waals surface area contributed by atoms with Crippen molar-refractivity contribution in [3.05, 3.63) is 64.5 Å². The predicted molar refractivity (Wildman–Crippen MR) is 104 cm³/mol. The molecule has 0 bridgehead atoms. The zero-order chi connectivity index (χ0) is 18.8. The molecule has 2 heterocycles. The number of thiazole rings is 1. The van der Waals surface area contributed by atoms with Gasteiger partial charge < -0.3 is 9.15 Å². The molecule has 0 fully saturated rings. The van der Waals surface area contributed by atoms with Crippen molar-refractivity contribution in [2.24, 2.45) is 0 Å². The van der Waals surface area contributed by atoms with Crippen molar-refractivity contribution < 1.29 is 13.9 Å². The van der Waals surface area contributed by atoms with E-state index in [1.807, 2.05) is 25.1 Å². The number of carbonyl (C=O) groups excluding carboxylic acids is 1. The van der Waals surface area contributed by atoms with Gasteiger partial charge in [0.1, 0.15) is 16.9 Å². The first-order valence-electron chi connectivity index (χ1n) is 8.26. The lowest BCUT2D eigenvalue weighted by molar-refractivity contribution is 0.0959. The van der Waals surface area contributed by atoms with Crippen LogP contribution in [0.5, 0.6) is 5.75 Å². The Balaban J connectivity index is 1.53. The van der Waals surface area contributed by atoms with Gasteiger partial charge in [-0.3, -0.25) is 15.6 Å². The van der Waals surface area contributed by atoms with E-state index in [2.05, 4.69) is 15.8 Å². The monoisotopic (exact) mass is 381 g/mol. The van der Waals surface area contributed by atoms with Crippen molar-refractivity contribution in [3.8, 4) is 5.75 Å². The Morgan fingerprint density at radius 3 is 2.93 bits per heavy atom. The average molecular weight is 381 g/mol. The second-order valence-electron chi connectivity index (χ2n) is 5.65. The largest absolute Gasteiger partial charge is 0.494 e. The van der Waals surface area contributed by atoms with Crippen LogP contribution >= 0.6 is 11.3 Å². The number of fused-ring (bicyclic) bond motifs is 2. The molecule has 0 unspecified atom stereocenters. The minimum atomic E-state index is -0.696. The van der Waals surface area contributed by atoms with Crippen molar-refractivity contribution in [2.45, 2.75) is 6.92 Å². The van der Waals surface area contributed by atoms with Crippen LogP contribution in [0.3, 0.4) is 0 Å². The first-order valence-corrected chi connectivity index (χ1v) is 9.08. The number of rotatable bonds is 5. The molecule has 2 N–H and O–H groups in total. The summed E-state index contributed by atoms with van der Waals surface area (Å²) >= 11 is 1.36. The van der Waals surface area contributed by atoms with E-state index in [-0.39, 0.29) is 5.56 Å². The van der Waals surface area contributed by atoms with Gasteiger partial charge in [-0.1, -0.05) is 29.5 Å². The summed E-state index contributed by atoms with van der Waals surface area (Å²) in [5.74, 6) is 0.168. The molecule has 8 heteroatoms. The van der Waals surface area contributed by atoms with Crippen LogP contribution < -0.4 is 21.2 Å². The van der Waals surface area contributed by atoms with Crippen LogP contribution in [-0.4, -0.2) is 17.5 Å². The van der Waals surface area contributed by atoms with Crippen LogP contribution in [0.15, 0.2) is 57.7 Å². The van der Waals surface area contributed by atoms with E-state index in [1.165, 1.54) is 17.4 Å². The number of ether oxygens (including phenoxy) is 1. The van der Waals surface area contributed by atoms with Crippen molar-refractivity contribution in [2.75, 3.05) is 12.0 Å². The van der Waals surface area contributed by atoms with Crippen LogP contribution in [0.1, 0.15) is 17.3 Å². The molecular formula is C19H15N3O4S. The quantitative estimate of drug-likeness (QED) is 0.406. The molecule has 0 aliphatic carbocycles. The normalized spacial score (nSPS) is 10.9. The minimum Gasteiger partial charge on any atom is -0.494 e. The molecule has 0 saturated carbocycles. The summed E-state index contributed by atoms with van der Waals surface area (Å²) in [5.41, 5.74) is 5.67. The molecule has 0 aliphatic rings. The Hall–Kier alpha value is -3.39. The van der Waals surface area contributed by atoms with Gasteiger partial charge in [0.15, 0.2) is 0 Å². The number of nitrogens with zero attached hydrogens (tertiary/aromatic N) is 1. The van der Waals surface area contributed by atoms with Crippen LogP contribution in [-0.2, 0) is 0 Å². The third-order valence-electron chi connectivity index (χ3n) is 3.84. The number of hydrogen-bond acceptors (Lipinski definition) is 7. The number of nitrogens with one attached hydrogen (secondary N) is 2. The van der Waals surface area contributed by atoms with Crippen molar-refractivity contribution in [1.29, 1.82) is 0 Å². The summed E-state index contributed by atoms with van der Waals surface area (Å²) < 4.78 is 11.6. The van der Waals surface area contributed by atoms with Gasteiger partial charge in [0.2, 0.25) is 5.13 Å². The molecule has 4 rings (SSSR count). The van der Waals surface area contributed by atoms with E-state index < -0.39 is 11.5 Å². The average Bonchev–Trinajstić information content (AvgIpc) is 3.08. The Bertz CT molecular complexity index is 1200. The number of hydrogen-bond donors (Lipinski definition) is 2. The summed E-state index contributed by atoms with van der Waals surface area (Å²) in [4.78, 5) is 28.8. The number of para-hydroxylation sites is 1. The molecule has 27 heavy (non-hydrogen) atoms. The fraction of sp³-hybridized carbons (Fsp3) is 0.105. The molecule has 136 valence electrons. The van der Waals surface area contributed by atoms with E-state index in [4.69, 9.17) is 9.15 Å². The number of amides is 1. The number of hydrazine groups is 1. The Morgan fingerprint density at radius 2 is 2.07 bits per heavy atom. The number of carbonyl (C=O) groups is 1. The number of benzene rings is 2. The van der Waals surface area contributed by atoms with E-state index in [0.29, 0.717) is 22.7 Å². The summed E-state index contributed by atoms with van der Waals surface area (Å²) in [7, 11) is 0. The Kier molecular flexibility index (Phi) is 4.47. The third-order valence-corrected chi connectivity index (χ3v) is 4.77. The van der Waals surface area contributed by atoms with E-state index in [1.54, 1.807) is 24.3 Å². The molecule has 4 aromatic rings. The van der Waals surface area contributed by atoms with E-state index in [9.17, 15) is 9.59 Å². The van der Waals surface area contributed by atoms with Gasteiger partial charge >= 0.3 is 5.63 Å². The summed E-state index contributed by atoms with van der Waals surface area (Å²) in [6.07, 6.45) is 0. The molecule has 0 atom stereocenters. The highest BCUT2D eigenvalue weighted by molar-refractivity contribution is 7.22. The zero-order valence-corrected chi connectivity index (χ0v) is 15.1. The van der Waals surface area contributed by atoms with Gasteiger partial charge in [-0.2, -0.15) is 0 Å². The standard InChI is InChI=1S/C19H15N3O4S/c1-2-25-12-7-8-14-16(10-12)27-19(20-14)22-21-17(23)13-9-11-5-3-4-6-15(11)26-18(13)24/h3-10H,2H2,1H3,(H,20,22)(H,21,23). The van der Waals surface area contributed by atoms with Gasteiger partial charge in [-0.25, -0.2) is 9.78 Å². The minimum absolute atomic E-state index is 0.0825. The highest BCUT2D eigenvalue weighted by Crippen LogP contribution is 2.28. The van der Waals surface area contributed by atoms with Crippen LogP contribution in [0.4, 0.5) is 5.13 Å². The zero-order valence-electron chi connectivity index (χ0n) is 14.3. The SMILES string of the molecule is CCOc1ccc2nc(NNC(=O)c3cc4ccccc4oc3=O)sc2c1. The van der Waals surface area contributed by atoms with Crippen molar-refractivity contribution >= 4 is 43.6 Å². The highest BCUT2D eigenvalue weighted by atomic mass is 32.1. The lowest BCUT2D eigenvalue weighted by Gasteiger charge is -2.05.